The van der Waals surface area contributed by atoms with E-state index in [1.54, 1.807) is 7.11 Å². The molecule has 0 radical (unpaired) electrons. The van der Waals surface area contributed by atoms with Crippen LogP contribution < -0.4 is 5.32 Å². The van der Waals surface area contributed by atoms with Gasteiger partial charge in [-0.25, -0.2) is 0 Å². The second-order valence-corrected chi connectivity index (χ2v) is 6.82. The van der Waals surface area contributed by atoms with Gasteiger partial charge in [-0.15, -0.1) is 11.3 Å². The number of nitrogens with one attached hydrogen (secondary N) is 1. The van der Waals surface area contributed by atoms with Crippen LogP contribution in [0, 0.1) is 12.8 Å². The molecule has 1 aromatic rings. The molecule has 0 amide bonds. The topological polar surface area (TPSA) is 39.7 Å². The molecule has 0 atom stereocenters. The number of thiophene rings is 1. The lowest BCUT2D eigenvalue weighted by Crippen LogP contribution is -2.18. The third kappa shape index (κ3) is 8.53. The summed E-state index contributed by atoms with van der Waals surface area (Å²) < 4.78 is 15.9. The van der Waals surface area contributed by atoms with Crippen molar-refractivity contribution in [2.75, 3.05) is 40.1 Å². The van der Waals surface area contributed by atoms with Gasteiger partial charge in [-0.05, 0) is 31.0 Å². The fraction of sp³-hybridized carbons (Fsp3) is 0.750. The number of rotatable bonds is 12. The van der Waals surface area contributed by atoms with E-state index in [0.717, 1.165) is 13.1 Å². The van der Waals surface area contributed by atoms with Gasteiger partial charge in [-0.3, -0.25) is 0 Å². The molecule has 5 heteroatoms. The van der Waals surface area contributed by atoms with E-state index in [0.29, 0.717) is 39.0 Å². The molecule has 0 saturated carbocycles. The first-order valence-corrected chi connectivity index (χ1v) is 8.38. The Balaban J connectivity index is 2.18. The van der Waals surface area contributed by atoms with E-state index in [4.69, 9.17) is 14.2 Å². The molecule has 0 unspecified atom stereocenters. The lowest BCUT2D eigenvalue weighted by atomic mass is 10.2. The monoisotopic (exact) mass is 315 g/mol. The van der Waals surface area contributed by atoms with Crippen LogP contribution in [0.25, 0.3) is 0 Å². The van der Waals surface area contributed by atoms with Crippen LogP contribution in [0.4, 0.5) is 0 Å². The molecular formula is C16H29NO3S. The van der Waals surface area contributed by atoms with Crippen LogP contribution in [-0.2, 0) is 27.4 Å². The number of aryl methyl sites for hydroxylation is 1. The van der Waals surface area contributed by atoms with Crippen molar-refractivity contribution < 1.29 is 14.2 Å². The molecule has 1 heterocycles. The highest BCUT2D eigenvalue weighted by molar-refractivity contribution is 7.12. The van der Waals surface area contributed by atoms with E-state index in [2.05, 4.69) is 32.2 Å². The van der Waals surface area contributed by atoms with E-state index in [1.807, 2.05) is 11.3 Å². The highest BCUT2D eigenvalue weighted by atomic mass is 32.1. The Hall–Kier alpha value is -0.460. The van der Waals surface area contributed by atoms with Crippen LogP contribution in [0.15, 0.2) is 6.07 Å². The lowest BCUT2D eigenvalue weighted by Gasteiger charge is -2.05. The SMILES string of the molecule is COCCOCCOCc1cc(CNCC(C)C)sc1C. The number of ether oxygens (including phenoxy) is 3. The minimum absolute atomic E-state index is 0.620. The minimum Gasteiger partial charge on any atom is -0.382 e. The first kappa shape index (κ1) is 18.6. The summed E-state index contributed by atoms with van der Waals surface area (Å²) in [5.74, 6) is 0.687. The normalized spacial score (nSPS) is 11.5. The summed E-state index contributed by atoms with van der Waals surface area (Å²) in [4.78, 5) is 2.72. The van der Waals surface area contributed by atoms with Gasteiger partial charge in [0.1, 0.15) is 0 Å². The van der Waals surface area contributed by atoms with Crippen LogP contribution in [0.5, 0.6) is 0 Å². The van der Waals surface area contributed by atoms with Crippen molar-refractivity contribution in [1.29, 1.82) is 0 Å². The molecular weight excluding hydrogens is 286 g/mol. The van der Waals surface area contributed by atoms with Gasteiger partial charge in [0.15, 0.2) is 0 Å². The summed E-state index contributed by atoms with van der Waals surface area (Å²) in [5.41, 5.74) is 1.29. The fourth-order valence-corrected chi connectivity index (χ4v) is 2.86. The molecule has 1 aromatic heterocycles. The summed E-state index contributed by atoms with van der Waals surface area (Å²) in [6.07, 6.45) is 0. The highest BCUT2D eigenvalue weighted by Crippen LogP contribution is 2.22. The Morgan fingerprint density at radius 1 is 1.14 bits per heavy atom. The van der Waals surface area contributed by atoms with Crippen molar-refractivity contribution in [3.63, 3.8) is 0 Å². The summed E-state index contributed by atoms with van der Waals surface area (Å²) in [6.45, 7) is 11.8. The molecule has 0 aliphatic carbocycles. The van der Waals surface area contributed by atoms with Crippen molar-refractivity contribution in [2.45, 2.75) is 33.9 Å². The van der Waals surface area contributed by atoms with Gasteiger partial charge in [-0.2, -0.15) is 0 Å². The van der Waals surface area contributed by atoms with Crippen molar-refractivity contribution in [3.8, 4) is 0 Å². The molecule has 0 aliphatic heterocycles. The Bertz CT molecular complexity index is 380. The number of hydrogen-bond donors (Lipinski definition) is 1. The molecule has 0 aromatic carbocycles. The van der Waals surface area contributed by atoms with Crippen molar-refractivity contribution in [2.24, 2.45) is 5.92 Å². The summed E-state index contributed by atoms with van der Waals surface area (Å²) in [5, 5.41) is 3.48. The lowest BCUT2D eigenvalue weighted by molar-refractivity contribution is 0.0199. The first-order chi connectivity index (χ1) is 10.1. The molecule has 4 nitrogen and oxygen atoms in total. The van der Waals surface area contributed by atoms with Crippen molar-refractivity contribution in [1.82, 2.24) is 5.32 Å². The van der Waals surface area contributed by atoms with Crippen molar-refractivity contribution >= 4 is 11.3 Å². The zero-order valence-electron chi connectivity index (χ0n) is 13.7. The standard InChI is InChI=1S/C16H29NO3S/c1-13(2)10-17-11-16-9-15(14(3)21-16)12-20-8-7-19-6-5-18-4/h9,13,17H,5-8,10-12H2,1-4H3. The average Bonchev–Trinajstić information content (AvgIpc) is 2.78. The predicted octanol–water partition coefficient (Wildman–Crippen LogP) is 2.98. The molecule has 122 valence electrons. The Kier molecular flexibility index (Phi) is 9.87. The maximum absolute atomic E-state index is 5.66. The average molecular weight is 315 g/mol. The van der Waals surface area contributed by atoms with Gasteiger partial charge in [-0.1, -0.05) is 13.8 Å². The van der Waals surface area contributed by atoms with Crippen molar-refractivity contribution in [3.05, 3.63) is 21.4 Å². The second kappa shape index (κ2) is 11.2. The van der Waals surface area contributed by atoms with E-state index >= 15 is 0 Å². The molecule has 0 aliphatic rings. The van der Waals surface area contributed by atoms with Crippen LogP contribution in [-0.4, -0.2) is 40.1 Å². The van der Waals surface area contributed by atoms with Crippen LogP contribution in [0.2, 0.25) is 0 Å². The zero-order valence-corrected chi connectivity index (χ0v) is 14.6. The molecule has 0 bridgehead atoms. The summed E-state index contributed by atoms with van der Waals surface area (Å²) in [7, 11) is 1.67. The maximum Gasteiger partial charge on any atom is 0.0728 e. The quantitative estimate of drug-likeness (QED) is 0.602. The van der Waals surface area contributed by atoms with Crippen LogP contribution in [0.3, 0.4) is 0 Å². The van der Waals surface area contributed by atoms with E-state index in [-0.39, 0.29) is 0 Å². The van der Waals surface area contributed by atoms with Gasteiger partial charge in [0, 0.05) is 23.4 Å². The van der Waals surface area contributed by atoms with Gasteiger partial charge in [0.2, 0.25) is 0 Å². The Morgan fingerprint density at radius 3 is 2.57 bits per heavy atom. The van der Waals surface area contributed by atoms with Gasteiger partial charge < -0.3 is 19.5 Å². The second-order valence-electron chi connectivity index (χ2n) is 5.48. The molecule has 0 saturated heterocycles. The number of hydrogen-bond acceptors (Lipinski definition) is 5. The summed E-state index contributed by atoms with van der Waals surface area (Å²) >= 11 is 1.85. The van der Waals surface area contributed by atoms with Gasteiger partial charge >= 0.3 is 0 Å². The first-order valence-electron chi connectivity index (χ1n) is 7.56. The Morgan fingerprint density at radius 2 is 1.86 bits per heavy atom. The third-order valence-electron chi connectivity index (χ3n) is 2.98. The largest absolute Gasteiger partial charge is 0.382 e. The minimum atomic E-state index is 0.620. The van der Waals surface area contributed by atoms with Crippen LogP contribution >= 0.6 is 11.3 Å². The number of methoxy groups -OCH3 is 1. The maximum atomic E-state index is 5.66. The van der Waals surface area contributed by atoms with E-state index < -0.39 is 0 Å². The Labute approximate surface area is 132 Å². The summed E-state index contributed by atoms with van der Waals surface area (Å²) in [6, 6.07) is 2.25. The van der Waals surface area contributed by atoms with Gasteiger partial charge in [0.05, 0.1) is 33.0 Å². The predicted molar refractivity (Wildman–Crippen MR) is 88.0 cm³/mol. The molecule has 1 rings (SSSR count). The molecule has 0 fully saturated rings. The van der Waals surface area contributed by atoms with Crippen LogP contribution in [0.1, 0.15) is 29.2 Å². The smallest absolute Gasteiger partial charge is 0.0728 e. The fourth-order valence-electron chi connectivity index (χ4n) is 1.85. The van der Waals surface area contributed by atoms with Gasteiger partial charge in [0.25, 0.3) is 0 Å². The third-order valence-corrected chi connectivity index (χ3v) is 4.08. The molecule has 0 spiro atoms. The van der Waals surface area contributed by atoms with E-state index in [1.165, 1.54) is 15.3 Å². The highest BCUT2D eigenvalue weighted by Gasteiger charge is 2.06. The zero-order chi connectivity index (χ0) is 15.5. The molecule has 21 heavy (non-hydrogen) atoms. The molecule has 1 N–H and O–H groups in total. The van der Waals surface area contributed by atoms with E-state index in [9.17, 15) is 0 Å².